The lowest BCUT2D eigenvalue weighted by molar-refractivity contribution is 0.572. The highest BCUT2D eigenvalue weighted by Crippen LogP contribution is 2.12. The van der Waals surface area contributed by atoms with Crippen molar-refractivity contribution in [2.45, 2.75) is 20.8 Å². The molecule has 0 heterocycles. The van der Waals surface area contributed by atoms with E-state index >= 15 is 0 Å². The Bertz CT molecular complexity index is 426. The molecule has 2 heteroatoms. The highest BCUT2D eigenvalue weighted by Gasteiger charge is 2.01. The molecule has 17 heavy (non-hydrogen) atoms. The van der Waals surface area contributed by atoms with Crippen molar-refractivity contribution in [3.63, 3.8) is 0 Å². The van der Waals surface area contributed by atoms with Gasteiger partial charge >= 0.3 is 0 Å². The molecule has 0 atom stereocenters. The van der Waals surface area contributed by atoms with Gasteiger partial charge in [0.1, 0.15) is 11.6 Å². The second-order valence-corrected chi connectivity index (χ2v) is 4.01. The lowest BCUT2D eigenvalue weighted by Gasteiger charge is -1.98. The van der Waals surface area contributed by atoms with Gasteiger partial charge in [-0.05, 0) is 31.9 Å². The van der Waals surface area contributed by atoms with Gasteiger partial charge in [-0.25, -0.2) is 8.78 Å². The Kier molecular flexibility index (Phi) is 4.83. The van der Waals surface area contributed by atoms with Gasteiger partial charge in [0.2, 0.25) is 0 Å². The highest BCUT2D eigenvalue weighted by molar-refractivity contribution is 5.24. The van der Waals surface area contributed by atoms with E-state index in [0.29, 0.717) is 11.1 Å². The van der Waals surface area contributed by atoms with Crippen molar-refractivity contribution < 1.29 is 8.78 Å². The van der Waals surface area contributed by atoms with Crippen LogP contribution in [0.4, 0.5) is 8.78 Å². The van der Waals surface area contributed by atoms with E-state index in [1.807, 2.05) is 18.2 Å². The molecule has 0 fully saturated rings. The molecule has 0 bridgehead atoms. The van der Waals surface area contributed by atoms with E-state index in [1.54, 1.807) is 13.8 Å². The summed E-state index contributed by atoms with van der Waals surface area (Å²) in [5.74, 6) is -0.966. The molecule has 0 aliphatic heterocycles. The minimum atomic E-state index is -0.483. The van der Waals surface area contributed by atoms with Crippen molar-refractivity contribution in [3.05, 3.63) is 70.8 Å². The largest absolute Gasteiger partial charge is 0.207 e. The predicted octanol–water partition coefficient (Wildman–Crippen LogP) is 4.58. The van der Waals surface area contributed by atoms with Crippen LogP contribution in [0.25, 0.3) is 0 Å². The van der Waals surface area contributed by atoms with Crippen LogP contribution >= 0.6 is 0 Å². The third-order valence-corrected chi connectivity index (χ3v) is 2.38. The summed E-state index contributed by atoms with van der Waals surface area (Å²) in [5, 5.41) is 0. The quantitative estimate of drug-likeness (QED) is 0.626. The third-order valence-electron chi connectivity index (χ3n) is 2.38. The minimum Gasteiger partial charge on any atom is -0.207 e. The summed E-state index contributed by atoms with van der Waals surface area (Å²) in [5.41, 5.74) is 2.29. The molecule has 0 saturated carbocycles. The molecule has 0 amide bonds. The number of hydrogen-bond donors (Lipinski definition) is 0. The molecule has 0 radical (unpaired) electrons. The maximum Gasteiger partial charge on any atom is 0.129 e. The fourth-order valence-electron chi connectivity index (χ4n) is 1.34. The van der Waals surface area contributed by atoms with Crippen molar-refractivity contribution in [1.29, 1.82) is 0 Å². The highest BCUT2D eigenvalue weighted by atomic mass is 19.1. The number of halogens is 2. The average molecular weight is 234 g/mol. The van der Waals surface area contributed by atoms with Crippen molar-refractivity contribution >= 4 is 0 Å². The van der Waals surface area contributed by atoms with E-state index in [2.05, 4.69) is 19.1 Å². The van der Waals surface area contributed by atoms with Crippen LogP contribution in [0, 0.1) is 32.4 Å². The second kappa shape index (κ2) is 6.14. The van der Waals surface area contributed by atoms with Crippen LogP contribution in [-0.4, -0.2) is 0 Å². The maximum absolute atomic E-state index is 12.5. The van der Waals surface area contributed by atoms with Gasteiger partial charge in [0.25, 0.3) is 0 Å². The average Bonchev–Trinajstić information content (AvgIpc) is 2.28. The number of rotatable bonds is 0. The van der Waals surface area contributed by atoms with Gasteiger partial charge < -0.3 is 0 Å². The molecular weight excluding hydrogens is 218 g/mol. The fourth-order valence-corrected chi connectivity index (χ4v) is 1.34. The van der Waals surface area contributed by atoms with Gasteiger partial charge in [-0.3, -0.25) is 0 Å². The normalized spacial score (nSPS) is 9.47. The molecule has 0 unspecified atom stereocenters. The first kappa shape index (κ1) is 13.4. The Morgan fingerprint density at radius 2 is 1.18 bits per heavy atom. The van der Waals surface area contributed by atoms with Gasteiger partial charge in [-0.1, -0.05) is 42.0 Å². The summed E-state index contributed by atoms with van der Waals surface area (Å²) in [4.78, 5) is 0. The zero-order valence-corrected chi connectivity index (χ0v) is 10.3. The van der Waals surface area contributed by atoms with E-state index in [-0.39, 0.29) is 0 Å². The van der Waals surface area contributed by atoms with E-state index in [9.17, 15) is 8.78 Å². The van der Waals surface area contributed by atoms with Crippen molar-refractivity contribution in [1.82, 2.24) is 0 Å². The Labute approximate surface area is 101 Å². The zero-order valence-electron chi connectivity index (χ0n) is 10.3. The Morgan fingerprint density at radius 1 is 0.706 bits per heavy atom. The lowest BCUT2D eigenvalue weighted by Crippen LogP contribution is -1.88. The first-order valence-corrected chi connectivity index (χ1v) is 5.44. The smallest absolute Gasteiger partial charge is 0.129 e. The van der Waals surface area contributed by atoms with Gasteiger partial charge in [0, 0.05) is 6.07 Å². The van der Waals surface area contributed by atoms with Crippen LogP contribution in [0.1, 0.15) is 16.7 Å². The fraction of sp³-hybridized carbons (Fsp3) is 0.200. The summed E-state index contributed by atoms with van der Waals surface area (Å²) >= 11 is 0. The van der Waals surface area contributed by atoms with Gasteiger partial charge in [-0.15, -0.1) is 0 Å². The molecule has 0 spiro atoms. The van der Waals surface area contributed by atoms with Crippen molar-refractivity contribution in [2.75, 3.05) is 0 Å². The van der Waals surface area contributed by atoms with E-state index in [4.69, 9.17) is 0 Å². The summed E-state index contributed by atoms with van der Waals surface area (Å²) in [6.45, 7) is 5.31. The Balaban J connectivity index is 0.000000181. The van der Waals surface area contributed by atoms with Crippen LogP contribution in [0.2, 0.25) is 0 Å². The monoisotopic (exact) mass is 234 g/mol. The van der Waals surface area contributed by atoms with E-state index in [1.165, 1.54) is 11.6 Å². The predicted molar refractivity (Wildman–Crippen MR) is 67.0 cm³/mol. The summed E-state index contributed by atoms with van der Waals surface area (Å²) in [6.07, 6.45) is 0. The molecule has 0 aromatic heterocycles. The summed E-state index contributed by atoms with van der Waals surface area (Å²) < 4.78 is 25.0. The third kappa shape index (κ3) is 4.35. The molecule has 0 aliphatic rings. The van der Waals surface area contributed by atoms with Gasteiger partial charge in [0.15, 0.2) is 0 Å². The zero-order chi connectivity index (χ0) is 12.8. The van der Waals surface area contributed by atoms with Crippen LogP contribution in [0.15, 0.2) is 42.5 Å². The Morgan fingerprint density at radius 3 is 1.47 bits per heavy atom. The molecule has 0 saturated heterocycles. The molecule has 0 nitrogen and oxygen atoms in total. The summed E-state index contributed by atoms with van der Waals surface area (Å²) in [6, 6.07) is 12.7. The molecule has 90 valence electrons. The topological polar surface area (TPSA) is 0 Å². The molecular formula is C15H16F2. The Hall–Kier alpha value is -1.70. The first-order chi connectivity index (χ1) is 8.00. The number of hydrogen-bond acceptors (Lipinski definition) is 0. The van der Waals surface area contributed by atoms with Crippen molar-refractivity contribution in [3.8, 4) is 0 Å². The molecule has 2 rings (SSSR count). The number of benzene rings is 2. The molecule has 0 N–H and O–H groups in total. The minimum absolute atomic E-state index is 0.483. The van der Waals surface area contributed by atoms with Crippen LogP contribution < -0.4 is 0 Å². The molecule has 2 aromatic carbocycles. The number of aryl methyl sites for hydroxylation is 3. The standard InChI is InChI=1S/C8H8F2.C7H8/c1-5-3-6(2)8(10)4-7(5)9;1-7-5-3-2-4-6-7/h3-4H,1-2H3;2-6H,1H3. The van der Waals surface area contributed by atoms with Crippen LogP contribution in [0.3, 0.4) is 0 Å². The van der Waals surface area contributed by atoms with Gasteiger partial charge in [-0.2, -0.15) is 0 Å². The molecule has 2 aromatic rings. The summed E-state index contributed by atoms with van der Waals surface area (Å²) in [7, 11) is 0. The SMILES string of the molecule is Cc1cc(C)c(F)cc1F.Cc1ccccc1. The van der Waals surface area contributed by atoms with E-state index < -0.39 is 11.6 Å². The van der Waals surface area contributed by atoms with Crippen LogP contribution in [0.5, 0.6) is 0 Å². The lowest BCUT2D eigenvalue weighted by atomic mass is 10.1. The van der Waals surface area contributed by atoms with Crippen molar-refractivity contribution in [2.24, 2.45) is 0 Å². The van der Waals surface area contributed by atoms with Gasteiger partial charge in [0.05, 0.1) is 0 Å². The van der Waals surface area contributed by atoms with Crippen LogP contribution in [-0.2, 0) is 0 Å². The first-order valence-electron chi connectivity index (χ1n) is 5.44. The second-order valence-electron chi connectivity index (χ2n) is 4.01. The molecule has 0 aliphatic carbocycles. The van der Waals surface area contributed by atoms with E-state index in [0.717, 1.165) is 6.07 Å². The maximum atomic E-state index is 12.5.